The number of hydrogen-bond acceptors (Lipinski definition) is 3. The van der Waals surface area contributed by atoms with Crippen molar-refractivity contribution in [2.45, 2.75) is 46.3 Å². The SMILES string of the molecule is Cc1ccc(C(=O)N2CCN(C(=O)OC(C)(C)C)C(C)C2)cc1Br. The average Bonchev–Trinajstić information content (AvgIpc) is 2.47. The number of aryl methyl sites for hydroxylation is 1. The first-order valence-corrected chi connectivity index (χ1v) is 8.93. The van der Waals surface area contributed by atoms with Crippen LogP contribution in [0, 0.1) is 6.92 Å². The van der Waals surface area contributed by atoms with Gasteiger partial charge < -0.3 is 14.5 Å². The van der Waals surface area contributed by atoms with E-state index in [4.69, 9.17) is 4.74 Å². The van der Waals surface area contributed by atoms with Crippen molar-refractivity contribution in [2.75, 3.05) is 19.6 Å². The number of carbonyl (C=O) groups excluding carboxylic acids is 2. The normalized spacial score (nSPS) is 18.5. The Morgan fingerprint density at radius 3 is 2.46 bits per heavy atom. The van der Waals surface area contributed by atoms with Crippen molar-refractivity contribution in [1.29, 1.82) is 0 Å². The standard InChI is InChI=1S/C18H25BrN2O3/c1-12-6-7-14(10-15(12)19)16(22)20-8-9-21(13(2)11-20)17(23)24-18(3,4)5/h6-7,10,13H,8-9,11H2,1-5H3. The lowest BCUT2D eigenvalue weighted by Crippen LogP contribution is -2.56. The number of carbonyl (C=O) groups is 2. The highest BCUT2D eigenvalue weighted by atomic mass is 79.9. The summed E-state index contributed by atoms with van der Waals surface area (Å²) in [5, 5.41) is 0. The molecule has 0 saturated carbocycles. The summed E-state index contributed by atoms with van der Waals surface area (Å²) < 4.78 is 6.36. The number of ether oxygens (including phenoxy) is 1. The van der Waals surface area contributed by atoms with Crippen LogP contribution in [0.2, 0.25) is 0 Å². The van der Waals surface area contributed by atoms with Crippen LogP contribution in [0.25, 0.3) is 0 Å². The summed E-state index contributed by atoms with van der Waals surface area (Å²) in [6.45, 7) is 11.0. The number of rotatable bonds is 1. The fraction of sp³-hybridized carbons (Fsp3) is 0.556. The van der Waals surface area contributed by atoms with Gasteiger partial charge in [-0.2, -0.15) is 0 Å². The smallest absolute Gasteiger partial charge is 0.410 e. The molecule has 2 rings (SSSR count). The Hall–Kier alpha value is -1.56. The first kappa shape index (κ1) is 18.8. The Morgan fingerprint density at radius 1 is 1.25 bits per heavy atom. The first-order valence-electron chi connectivity index (χ1n) is 8.13. The van der Waals surface area contributed by atoms with Crippen molar-refractivity contribution in [1.82, 2.24) is 9.80 Å². The summed E-state index contributed by atoms with van der Waals surface area (Å²) in [5.74, 6) is -0.00797. The second kappa shape index (κ2) is 7.13. The van der Waals surface area contributed by atoms with Crippen LogP contribution in [0.1, 0.15) is 43.6 Å². The summed E-state index contributed by atoms with van der Waals surface area (Å²) in [5.41, 5.74) is 1.23. The van der Waals surface area contributed by atoms with Crippen LogP contribution in [0.4, 0.5) is 4.79 Å². The Labute approximate surface area is 152 Å². The van der Waals surface area contributed by atoms with Gasteiger partial charge in [-0.05, 0) is 52.3 Å². The highest BCUT2D eigenvalue weighted by Gasteiger charge is 2.32. The van der Waals surface area contributed by atoms with Crippen LogP contribution in [-0.2, 0) is 4.74 Å². The van der Waals surface area contributed by atoms with Gasteiger partial charge in [0.25, 0.3) is 5.91 Å². The minimum absolute atomic E-state index is 0.00797. The molecule has 1 unspecified atom stereocenters. The third-order valence-electron chi connectivity index (χ3n) is 3.96. The lowest BCUT2D eigenvalue weighted by Gasteiger charge is -2.40. The molecular formula is C18H25BrN2O3. The second-order valence-electron chi connectivity index (χ2n) is 7.24. The summed E-state index contributed by atoms with van der Waals surface area (Å²) in [6.07, 6.45) is -0.319. The molecule has 1 saturated heterocycles. The predicted octanol–water partition coefficient (Wildman–Crippen LogP) is 3.84. The van der Waals surface area contributed by atoms with Crippen LogP contribution < -0.4 is 0 Å². The van der Waals surface area contributed by atoms with Gasteiger partial charge in [-0.3, -0.25) is 4.79 Å². The van der Waals surface area contributed by atoms with E-state index in [-0.39, 0.29) is 18.0 Å². The molecule has 1 atom stereocenters. The maximum absolute atomic E-state index is 12.7. The molecular weight excluding hydrogens is 372 g/mol. The molecule has 5 nitrogen and oxygen atoms in total. The van der Waals surface area contributed by atoms with Gasteiger partial charge in [-0.15, -0.1) is 0 Å². The zero-order valence-corrected chi connectivity index (χ0v) is 16.5. The van der Waals surface area contributed by atoms with Crippen molar-refractivity contribution >= 4 is 27.9 Å². The van der Waals surface area contributed by atoms with Gasteiger partial charge in [0.2, 0.25) is 0 Å². The van der Waals surface area contributed by atoms with E-state index in [1.165, 1.54) is 0 Å². The number of nitrogens with zero attached hydrogens (tertiary/aromatic N) is 2. The maximum atomic E-state index is 12.7. The lowest BCUT2D eigenvalue weighted by molar-refractivity contribution is 0.00198. The molecule has 24 heavy (non-hydrogen) atoms. The molecule has 2 amide bonds. The molecule has 1 aliphatic heterocycles. The quantitative estimate of drug-likeness (QED) is 0.724. The zero-order valence-electron chi connectivity index (χ0n) is 14.9. The number of piperazine rings is 1. The molecule has 0 aromatic heterocycles. The van der Waals surface area contributed by atoms with Gasteiger partial charge in [0.1, 0.15) is 5.60 Å². The Kier molecular flexibility index (Phi) is 5.58. The van der Waals surface area contributed by atoms with E-state index in [1.54, 1.807) is 9.80 Å². The molecule has 0 radical (unpaired) electrons. The van der Waals surface area contributed by atoms with Crippen LogP contribution in [0.5, 0.6) is 0 Å². The zero-order chi connectivity index (χ0) is 18.1. The van der Waals surface area contributed by atoms with E-state index in [2.05, 4.69) is 15.9 Å². The molecule has 0 spiro atoms. The van der Waals surface area contributed by atoms with Crippen LogP contribution in [-0.4, -0.2) is 53.1 Å². The topological polar surface area (TPSA) is 49.9 Å². The van der Waals surface area contributed by atoms with Gasteiger partial charge in [-0.1, -0.05) is 22.0 Å². The molecule has 132 valence electrons. The van der Waals surface area contributed by atoms with Crippen molar-refractivity contribution < 1.29 is 14.3 Å². The highest BCUT2D eigenvalue weighted by molar-refractivity contribution is 9.10. The van der Waals surface area contributed by atoms with Crippen LogP contribution in [0.3, 0.4) is 0 Å². The highest BCUT2D eigenvalue weighted by Crippen LogP contribution is 2.21. The molecule has 1 aliphatic rings. The Morgan fingerprint density at radius 2 is 1.92 bits per heavy atom. The van der Waals surface area contributed by atoms with E-state index in [0.717, 1.165) is 10.0 Å². The monoisotopic (exact) mass is 396 g/mol. The third-order valence-corrected chi connectivity index (χ3v) is 4.82. The second-order valence-corrected chi connectivity index (χ2v) is 8.09. The van der Waals surface area contributed by atoms with E-state index < -0.39 is 5.60 Å². The van der Waals surface area contributed by atoms with Crippen LogP contribution in [0.15, 0.2) is 22.7 Å². The van der Waals surface area contributed by atoms with E-state index in [9.17, 15) is 9.59 Å². The average molecular weight is 397 g/mol. The summed E-state index contributed by atoms with van der Waals surface area (Å²) in [4.78, 5) is 28.4. The number of hydrogen-bond donors (Lipinski definition) is 0. The Balaban J connectivity index is 2.03. The van der Waals surface area contributed by atoms with E-state index >= 15 is 0 Å². The molecule has 1 fully saturated rings. The predicted molar refractivity (Wildman–Crippen MR) is 97.2 cm³/mol. The molecule has 0 aliphatic carbocycles. The van der Waals surface area contributed by atoms with Crippen molar-refractivity contribution in [3.05, 3.63) is 33.8 Å². The van der Waals surface area contributed by atoms with Crippen molar-refractivity contribution in [3.8, 4) is 0 Å². The fourth-order valence-electron chi connectivity index (χ4n) is 2.64. The molecule has 1 heterocycles. The van der Waals surface area contributed by atoms with Gasteiger partial charge in [0.15, 0.2) is 0 Å². The number of benzene rings is 1. The Bertz CT molecular complexity index is 640. The number of halogens is 1. The van der Waals surface area contributed by atoms with E-state index in [1.807, 2.05) is 52.8 Å². The summed E-state index contributed by atoms with van der Waals surface area (Å²) in [7, 11) is 0. The largest absolute Gasteiger partial charge is 0.444 e. The summed E-state index contributed by atoms with van der Waals surface area (Å²) >= 11 is 3.47. The molecule has 1 aromatic rings. The van der Waals surface area contributed by atoms with Gasteiger partial charge in [-0.25, -0.2) is 4.79 Å². The molecule has 6 heteroatoms. The minimum atomic E-state index is -0.516. The van der Waals surface area contributed by atoms with E-state index in [0.29, 0.717) is 25.2 Å². The molecule has 0 N–H and O–H groups in total. The van der Waals surface area contributed by atoms with Crippen molar-refractivity contribution in [2.24, 2.45) is 0 Å². The number of amides is 2. The fourth-order valence-corrected chi connectivity index (χ4v) is 3.02. The maximum Gasteiger partial charge on any atom is 0.410 e. The molecule has 1 aromatic carbocycles. The third kappa shape index (κ3) is 4.50. The van der Waals surface area contributed by atoms with Gasteiger partial charge in [0, 0.05) is 35.7 Å². The summed E-state index contributed by atoms with van der Waals surface area (Å²) in [6, 6.07) is 5.54. The molecule has 0 bridgehead atoms. The van der Waals surface area contributed by atoms with Gasteiger partial charge in [0.05, 0.1) is 0 Å². The minimum Gasteiger partial charge on any atom is -0.444 e. The van der Waals surface area contributed by atoms with Crippen molar-refractivity contribution in [3.63, 3.8) is 0 Å². The van der Waals surface area contributed by atoms with Crippen LogP contribution >= 0.6 is 15.9 Å². The van der Waals surface area contributed by atoms with Gasteiger partial charge >= 0.3 is 6.09 Å². The lowest BCUT2D eigenvalue weighted by atomic mass is 10.1. The first-order chi connectivity index (χ1) is 11.1.